The Morgan fingerprint density at radius 2 is 1.69 bits per heavy atom. The molecule has 5 rings (SSSR count). The SMILES string of the molecule is Cc1ccc(N2C(=O)c3oc4ccccc4c(=O)c3C2c2cccc(O)c2)cc1. The summed E-state index contributed by atoms with van der Waals surface area (Å²) in [5.41, 5.74) is 2.79. The summed E-state index contributed by atoms with van der Waals surface area (Å²) in [4.78, 5) is 28.3. The van der Waals surface area contributed by atoms with Gasteiger partial charge in [0.1, 0.15) is 11.3 Å². The maximum atomic E-state index is 13.4. The lowest BCUT2D eigenvalue weighted by atomic mass is 9.98. The van der Waals surface area contributed by atoms with Gasteiger partial charge >= 0.3 is 0 Å². The summed E-state index contributed by atoms with van der Waals surface area (Å²) in [7, 11) is 0. The van der Waals surface area contributed by atoms with Crippen molar-refractivity contribution in [2.45, 2.75) is 13.0 Å². The number of aryl methyl sites for hydroxylation is 1. The third-order valence-electron chi connectivity index (χ3n) is 5.28. The topological polar surface area (TPSA) is 70.8 Å². The van der Waals surface area contributed by atoms with Gasteiger partial charge in [-0.05, 0) is 48.9 Å². The Morgan fingerprint density at radius 1 is 0.931 bits per heavy atom. The Morgan fingerprint density at radius 3 is 2.45 bits per heavy atom. The highest BCUT2D eigenvalue weighted by molar-refractivity contribution is 6.10. The molecule has 0 spiro atoms. The summed E-state index contributed by atoms with van der Waals surface area (Å²) in [5.74, 6) is -0.264. The average Bonchev–Trinajstić information content (AvgIpc) is 3.02. The second kappa shape index (κ2) is 6.34. The third kappa shape index (κ3) is 2.63. The molecular formula is C24H17NO4. The van der Waals surface area contributed by atoms with E-state index in [-0.39, 0.29) is 22.8 Å². The summed E-state index contributed by atoms with van der Waals surface area (Å²) in [6.07, 6.45) is 0. The number of carbonyl (C=O) groups excluding carboxylic acids is 1. The first-order chi connectivity index (χ1) is 14.0. The Labute approximate surface area is 166 Å². The van der Waals surface area contributed by atoms with E-state index in [1.807, 2.05) is 31.2 Å². The van der Waals surface area contributed by atoms with Crippen molar-refractivity contribution in [3.8, 4) is 5.75 Å². The van der Waals surface area contributed by atoms with E-state index < -0.39 is 6.04 Å². The summed E-state index contributed by atoms with van der Waals surface area (Å²) in [6, 6.07) is 20.4. The van der Waals surface area contributed by atoms with E-state index in [4.69, 9.17) is 4.42 Å². The Bertz CT molecular complexity index is 1320. The monoisotopic (exact) mass is 383 g/mol. The zero-order valence-corrected chi connectivity index (χ0v) is 15.6. The van der Waals surface area contributed by atoms with Gasteiger partial charge in [0.2, 0.25) is 5.76 Å². The molecule has 1 atom stereocenters. The molecule has 0 aliphatic carbocycles. The van der Waals surface area contributed by atoms with Crippen molar-refractivity contribution in [3.63, 3.8) is 0 Å². The molecule has 0 saturated carbocycles. The largest absolute Gasteiger partial charge is 0.508 e. The van der Waals surface area contributed by atoms with Crippen molar-refractivity contribution in [1.82, 2.24) is 0 Å². The first kappa shape index (κ1) is 17.3. The summed E-state index contributed by atoms with van der Waals surface area (Å²) in [6.45, 7) is 1.97. The van der Waals surface area contributed by atoms with Crippen molar-refractivity contribution in [2.24, 2.45) is 0 Å². The number of nitrogens with zero attached hydrogens (tertiary/aromatic N) is 1. The Balaban J connectivity index is 1.82. The number of rotatable bonds is 2. The molecule has 29 heavy (non-hydrogen) atoms. The van der Waals surface area contributed by atoms with Crippen LogP contribution in [-0.2, 0) is 0 Å². The van der Waals surface area contributed by atoms with Gasteiger partial charge in [0.25, 0.3) is 5.91 Å². The molecule has 2 heterocycles. The molecule has 1 unspecified atom stereocenters. The van der Waals surface area contributed by atoms with Crippen LogP contribution < -0.4 is 10.3 Å². The predicted octanol–water partition coefficient (Wildman–Crippen LogP) is 4.56. The number of aromatic hydroxyl groups is 1. The van der Waals surface area contributed by atoms with Crippen LogP contribution in [0.25, 0.3) is 11.0 Å². The number of fused-ring (bicyclic) bond motifs is 2. The fourth-order valence-corrected chi connectivity index (χ4v) is 3.90. The minimum absolute atomic E-state index is 0.0441. The van der Waals surface area contributed by atoms with Crippen LogP contribution in [0, 0.1) is 6.92 Å². The molecule has 4 aromatic rings. The lowest BCUT2D eigenvalue weighted by molar-refractivity contribution is 0.0971. The number of phenolic OH excluding ortho intramolecular Hbond substituents is 1. The normalized spacial score (nSPS) is 15.7. The predicted molar refractivity (Wildman–Crippen MR) is 110 cm³/mol. The van der Waals surface area contributed by atoms with Crippen LogP contribution >= 0.6 is 0 Å². The van der Waals surface area contributed by atoms with Gasteiger partial charge in [-0.2, -0.15) is 0 Å². The number of para-hydroxylation sites is 1. The van der Waals surface area contributed by atoms with E-state index in [0.717, 1.165) is 5.56 Å². The number of benzene rings is 3. The van der Waals surface area contributed by atoms with Crippen LogP contribution in [0.5, 0.6) is 5.75 Å². The number of amides is 1. The van der Waals surface area contributed by atoms with E-state index in [9.17, 15) is 14.7 Å². The van der Waals surface area contributed by atoms with Gasteiger partial charge in [-0.15, -0.1) is 0 Å². The van der Waals surface area contributed by atoms with Gasteiger partial charge in [-0.3, -0.25) is 14.5 Å². The molecular weight excluding hydrogens is 366 g/mol. The van der Waals surface area contributed by atoms with E-state index >= 15 is 0 Å². The number of anilines is 1. The lowest BCUT2D eigenvalue weighted by Crippen LogP contribution is -2.29. The minimum Gasteiger partial charge on any atom is -0.508 e. The van der Waals surface area contributed by atoms with Crippen molar-refractivity contribution >= 4 is 22.6 Å². The standard InChI is InChI=1S/C24H17NO4/c1-14-9-11-16(12-10-14)25-21(15-5-4-6-17(26)13-15)20-22(27)18-7-2-3-8-19(18)29-23(20)24(25)28/h2-13,21,26H,1H3. The number of carbonyl (C=O) groups is 1. The highest BCUT2D eigenvalue weighted by Crippen LogP contribution is 2.41. The Kier molecular flexibility index (Phi) is 3.77. The molecule has 3 aromatic carbocycles. The molecule has 1 aliphatic heterocycles. The van der Waals surface area contributed by atoms with Crippen LogP contribution in [0.15, 0.2) is 82.0 Å². The molecule has 1 aromatic heterocycles. The van der Waals surface area contributed by atoms with E-state index in [0.29, 0.717) is 27.8 Å². The van der Waals surface area contributed by atoms with Crippen LogP contribution in [0.4, 0.5) is 5.69 Å². The van der Waals surface area contributed by atoms with E-state index in [2.05, 4.69) is 0 Å². The van der Waals surface area contributed by atoms with Crippen LogP contribution in [0.1, 0.15) is 33.3 Å². The second-order valence-electron chi connectivity index (χ2n) is 7.18. The molecule has 1 aliphatic rings. The van der Waals surface area contributed by atoms with Gasteiger partial charge in [-0.25, -0.2) is 0 Å². The minimum atomic E-state index is -0.687. The number of hydrogen-bond donors (Lipinski definition) is 1. The van der Waals surface area contributed by atoms with E-state index in [1.165, 1.54) is 0 Å². The summed E-state index contributed by atoms with van der Waals surface area (Å²) in [5, 5.41) is 10.4. The molecule has 0 fully saturated rings. The highest BCUT2D eigenvalue weighted by Gasteiger charge is 2.43. The maximum Gasteiger partial charge on any atom is 0.295 e. The van der Waals surface area contributed by atoms with Gasteiger partial charge in [0.15, 0.2) is 5.43 Å². The number of hydrogen-bond acceptors (Lipinski definition) is 4. The van der Waals surface area contributed by atoms with Gasteiger partial charge < -0.3 is 9.52 Å². The zero-order chi connectivity index (χ0) is 20.1. The smallest absolute Gasteiger partial charge is 0.295 e. The number of phenols is 1. The highest BCUT2D eigenvalue weighted by atomic mass is 16.3. The van der Waals surface area contributed by atoms with Crippen LogP contribution in [0.2, 0.25) is 0 Å². The average molecular weight is 383 g/mol. The summed E-state index contributed by atoms with van der Waals surface area (Å²) < 4.78 is 5.90. The first-order valence-electron chi connectivity index (χ1n) is 9.29. The van der Waals surface area contributed by atoms with Gasteiger partial charge in [0.05, 0.1) is 17.0 Å². The molecule has 0 saturated heterocycles. The maximum absolute atomic E-state index is 13.4. The van der Waals surface area contributed by atoms with Crippen LogP contribution in [0.3, 0.4) is 0 Å². The lowest BCUT2D eigenvalue weighted by Gasteiger charge is -2.25. The van der Waals surface area contributed by atoms with Crippen molar-refractivity contribution in [2.75, 3.05) is 4.90 Å². The molecule has 1 N–H and O–H groups in total. The Hall–Kier alpha value is -3.86. The fourth-order valence-electron chi connectivity index (χ4n) is 3.90. The van der Waals surface area contributed by atoms with Crippen molar-refractivity contribution < 1.29 is 14.3 Å². The first-order valence-corrected chi connectivity index (χ1v) is 9.29. The molecule has 142 valence electrons. The van der Waals surface area contributed by atoms with Crippen molar-refractivity contribution in [3.05, 3.63) is 105 Å². The fraction of sp³-hybridized carbons (Fsp3) is 0.0833. The van der Waals surface area contributed by atoms with Crippen LogP contribution in [-0.4, -0.2) is 11.0 Å². The molecule has 1 amide bonds. The van der Waals surface area contributed by atoms with Gasteiger partial charge in [0, 0.05) is 5.69 Å². The van der Waals surface area contributed by atoms with E-state index in [1.54, 1.807) is 53.4 Å². The molecule has 5 nitrogen and oxygen atoms in total. The third-order valence-corrected chi connectivity index (χ3v) is 5.28. The molecule has 5 heteroatoms. The summed E-state index contributed by atoms with van der Waals surface area (Å²) >= 11 is 0. The molecule has 0 bridgehead atoms. The second-order valence-corrected chi connectivity index (χ2v) is 7.18. The quantitative estimate of drug-likeness (QED) is 0.551. The zero-order valence-electron chi connectivity index (χ0n) is 15.6. The molecule has 0 radical (unpaired) electrons. The van der Waals surface area contributed by atoms with Gasteiger partial charge in [-0.1, -0.05) is 42.0 Å². The van der Waals surface area contributed by atoms with Crippen molar-refractivity contribution in [1.29, 1.82) is 0 Å².